The summed E-state index contributed by atoms with van der Waals surface area (Å²) in [4.78, 5) is 12.4. The number of carbonyl (C=O) groups excluding carboxylic acids is 1. The fourth-order valence-corrected chi connectivity index (χ4v) is 4.43. The highest BCUT2D eigenvalue weighted by molar-refractivity contribution is 9.09. The van der Waals surface area contributed by atoms with Crippen molar-refractivity contribution in [1.29, 1.82) is 0 Å². The molecule has 1 aliphatic heterocycles. The molecule has 0 radical (unpaired) electrons. The summed E-state index contributed by atoms with van der Waals surface area (Å²) in [7, 11) is 0. The molecule has 1 aromatic carbocycles. The molecule has 106 valence electrons. The molecule has 0 spiro atoms. The lowest BCUT2D eigenvalue weighted by Gasteiger charge is -2.20. The largest absolute Gasteiger partial charge is 0.491 e. The van der Waals surface area contributed by atoms with E-state index >= 15 is 0 Å². The van der Waals surface area contributed by atoms with Crippen molar-refractivity contribution in [1.82, 2.24) is 5.32 Å². The summed E-state index contributed by atoms with van der Waals surface area (Å²) in [5.41, 5.74) is 1.88. The van der Waals surface area contributed by atoms with Gasteiger partial charge in [-0.25, -0.2) is 0 Å². The highest BCUT2D eigenvalue weighted by atomic mass is 79.9. The standard InChI is InChI=1S/C16H18BrNO2/c17-15(12-6-10-5-11(10)7-12)9-1-2-14-13(8-9)16(19)18-3-4-20-14/h1-2,8,10-12,15H,3-7H2,(H,18,19). The molecule has 1 amide bonds. The number of amides is 1. The van der Waals surface area contributed by atoms with Gasteiger partial charge in [-0.2, -0.15) is 0 Å². The summed E-state index contributed by atoms with van der Waals surface area (Å²) in [5.74, 6) is 3.36. The molecule has 2 saturated carbocycles. The molecular weight excluding hydrogens is 318 g/mol. The number of hydrogen-bond donors (Lipinski definition) is 1. The summed E-state index contributed by atoms with van der Waals surface area (Å²) in [6.45, 7) is 1.12. The molecule has 3 unspecified atom stereocenters. The van der Waals surface area contributed by atoms with Gasteiger partial charge in [-0.05, 0) is 54.7 Å². The molecule has 1 N–H and O–H groups in total. The molecule has 2 aliphatic carbocycles. The van der Waals surface area contributed by atoms with Crippen molar-refractivity contribution in [3.8, 4) is 5.75 Å². The van der Waals surface area contributed by atoms with Gasteiger partial charge in [0.15, 0.2) is 0 Å². The van der Waals surface area contributed by atoms with Gasteiger partial charge >= 0.3 is 0 Å². The topological polar surface area (TPSA) is 38.3 Å². The second-order valence-corrected chi connectivity index (χ2v) is 7.24. The number of halogens is 1. The maximum Gasteiger partial charge on any atom is 0.255 e. The van der Waals surface area contributed by atoms with E-state index in [1.165, 1.54) is 24.8 Å². The Morgan fingerprint density at radius 3 is 2.85 bits per heavy atom. The van der Waals surface area contributed by atoms with E-state index in [-0.39, 0.29) is 5.91 Å². The van der Waals surface area contributed by atoms with Crippen molar-refractivity contribution in [3.05, 3.63) is 29.3 Å². The van der Waals surface area contributed by atoms with Crippen LogP contribution < -0.4 is 10.1 Å². The van der Waals surface area contributed by atoms with Crippen LogP contribution in [-0.4, -0.2) is 19.1 Å². The van der Waals surface area contributed by atoms with Gasteiger partial charge in [-0.15, -0.1) is 0 Å². The van der Waals surface area contributed by atoms with E-state index in [0.717, 1.165) is 11.8 Å². The summed E-state index contributed by atoms with van der Waals surface area (Å²) >= 11 is 3.86. The Morgan fingerprint density at radius 1 is 1.25 bits per heavy atom. The molecular formula is C16H18BrNO2. The van der Waals surface area contributed by atoms with E-state index in [1.54, 1.807) is 0 Å². The minimum Gasteiger partial charge on any atom is -0.491 e. The SMILES string of the molecule is O=C1NCCOc2ccc(C(Br)C3CC4CC4C3)cc21. The van der Waals surface area contributed by atoms with E-state index in [9.17, 15) is 4.79 Å². The van der Waals surface area contributed by atoms with Crippen LogP contribution in [0, 0.1) is 17.8 Å². The Labute approximate surface area is 127 Å². The molecule has 20 heavy (non-hydrogen) atoms. The predicted octanol–water partition coefficient (Wildman–Crippen LogP) is 3.29. The highest BCUT2D eigenvalue weighted by Gasteiger charge is 2.47. The predicted molar refractivity (Wildman–Crippen MR) is 80.3 cm³/mol. The second kappa shape index (κ2) is 4.76. The second-order valence-electron chi connectivity index (χ2n) is 6.25. The lowest BCUT2D eigenvalue weighted by Crippen LogP contribution is -2.24. The first kappa shape index (κ1) is 12.7. The van der Waals surface area contributed by atoms with Gasteiger partial charge < -0.3 is 10.1 Å². The van der Waals surface area contributed by atoms with E-state index in [1.807, 2.05) is 12.1 Å². The Bertz CT molecular complexity index is 549. The first-order valence-corrected chi connectivity index (χ1v) is 8.33. The maximum atomic E-state index is 12.1. The van der Waals surface area contributed by atoms with Crippen molar-refractivity contribution in [2.75, 3.05) is 13.2 Å². The van der Waals surface area contributed by atoms with Crippen molar-refractivity contribution in [2.24, 2.45) is 17.8 Å². The van der Waals surface area contributed by atoms with E-state index in [2.05, 4.69) is 27.3 Å². The van der Waals surface area contributed by atoms with Gasteiger partial charge in [-0.3, -0.25) is 4.79 Å². The minimum absolute atomic E-state index is 0.0201. The molecule has 3 atom stereocenters. The van der Waals surface area contributed by atoms with E-state index in [0.29, 0.717) is 35.2 Å². The average Bonchev–Trinajstić information content (AvgIpc) is 3.13. The quantitative estimate of drug-likeness (QED) is 0.842. The third-order valence-electron chi connectivity index (χ3n) is 4.91. The Hall–Kier alpha value is -1.03. The van der Waals surface area contributed by atoms with Crippen LogP contribution in [0.5, 0.6) is 5.75 Å². The van der Waals surface area contributed by atoms with Crippen LogP contribution in [-0.2, 0) is 0 Å². The molecule has 4 rings (SSSR count). The maximum absolute atomic E-state index is 12.1. The lowest BCUT2D eigenvalue weighted by molar-refractivity contribution is 0.0957. The number of carbonyl (C=O) groups is 1. The van der Waals surface area contributed by atoms with Crippen molar-refractivity contribution >= 4 is 21.8 Å². The number of nitrogens with one attached hydrogen (secondary N) is 1. The summed E-state index contributed by atoms with van der Waals surface area (Å²) < 4.78 is 5.60. The summed E-state index contributed by atoms with van der Waals surface area (Å²) in [5, 5.41) is 2.87. The van der Waals surface area contributed by atoms with Crippen LogP contribution in [0.4, 0.5) is 0 Å². The molecule has 1 heterocycles. The number of fused-ring (bicyclic) bond motifs is 2. The first-order valence-electron chi connectivity index (χ1n) is 7.41. The van der Waals surface area contributed by atoms with Crippen LogP contribution in [0.2, 0.25) is 0 Å². The number of ether oxygens (including phenoxy) is 1. The Kier molecular flexibility index (Phi) is 3.02. The number of benzene rings is 1. The molecule has 0 saturated heterocycles. The van der Waals surface area contributed by atoms with Gasteiger partial charge in [0.2, 0.25) is 0 Å². The molecule has 3 aliphatic rings. The monoisotopic (exact) mass is 335 g/mol. The first-order chi connectivity index (χ1) is 9.72. The minimum atomic E-state index is -0.0201. The zero-order chi connectivity index (χ0) is 13.7. The molecule has 0 bridgehead atoms. The summed E-state index contributed by atoms with van der Waals surface area (Å²) in [6, 6.07) is 6.04. The van der Waals surface area contributed by atoms with Crippen molar-refractivity contribution < 1.29 is 9.53 Å². The molecule has 3 nitrogen and oxygen atoms in total. The zero-order valence-corrected chi connectivity index (χ0v) is 12.9. The fourth-order valence-electron chi connectivity index (χ4n) is 3.72. The number of alkyl halides is 1. The van der Waals surface area contributed by atoms with Crippen LogP contribution in [0.3, 0.4) is 0 Å². The van der Waals surface area contributed by atoms with Crippen LogP contribution in [0.25, 0.3) is 0 Å². The molecule has 1 aromatic rings. The van der Waals surface area contributed by atoms with E-state index < -0.39 is 0 Å². The van der Waals surface area contributed by atoms with E-state index in [4.69, 9.17) is 4.74 Å². The van der Waals surface area contributed by atoms with Gasteiger partial charge in [0.1, 0.15) is 12.4 Å². The van der Waals surface area contributed by atoms with Gasteiger partial charge in [0.05, 0.1) is 12.1 Å². The Morgan fingerprint density at radius 2 is 2.05 bits per heavy atom. The van der Waals surface area contributed by atoms with Gasteiger partial charge in [0.25, 0.3) is 5.91 Å². The van der Waals surface area contributed by atoms with Crippen LogP contribution in [0.1, 0.15) is 40.0 Å². The normalized spacial score (nSPS) is 32.5. The average molecular weight is 336 g/mol. The van der Waals surface area contributed by atoms with Gasteiger partial charge in [-0.1, -0.05) is 22.0 Å². The summed E-state index contributed by atoms with van der Waals surface area (Å²) in [6.07, 6.45) is 4.11. The third-order valence-corrected chi connectivity index (χ3v) is 6.18. The number of hydrogen-bond acceptors (Lipinski definition) is 2. The molecule has 0 aromatic heterocycles. The number of rotatable bonds is 2. The van der Waals surface area contributed by atoms with Crippen molar-refractivity contribution in [3.63, 3.8) is 0 Å². The van der Waals surface area contributed by atoms with Gasteiger partial charge in [0, 0.05) is 4.83 Å². The lowest BCUT2D eigenvalue weighted by atomic mass is 9.93. The van der Waals surface area contributed by atoms with Crippen molar-refractivity contribution in [2.45, 2.75) is 24.1 Å². The molecule has 2 fully saturated rings. The fraction of sp³-hybridized carbons (Fsp3) is 0.562. The highest BCUT2D eigenvalue weighted by Crippen LogP contribution is 2.58. The third kappa shape index (κ3) is 2.14. The Balaban J connectivity index is 1.60. The van der Waals surface area contributed by atoms with Crippen LogP contribution in [0.15, 0.2) is 18.2 Å². The van der Waals surface area contributed by atoms with Crippen LogP contribution >= 0.6 is 15.9 Å². The molecule has 4 heteroatoms. The smallest absolute Gasteiger partial charge is 0.255 e. The zero-order valence-electron chi connectivity index (χ0n) is 11.3.